The summed E-state index contributed by atoms with van der Waals surface area (Å²) in [4.78, 5) is 11.9. The summed E-state index contributed by atoms with van der Waals surface area (Å²) in [7, 11) is 1.59. The summed E-state index contributed by atoms with van der Waals surface area (Å²) in [6.07, 6.45) is 1.74. The Labute approximate surface area is 127 Å². The van der Waals surface area contributed by atoms with E-state index < -0.39 is 5.82 Å². The first-order valence-electron chi connectivity index (χ1n) is 7.11. The number of methoxy groups -OCH3 is 1. The Morgan fingerprint density at radius 2 is 1.86 bits per heavy atom. The van der Waals surface area contributed by atoms with E-state index in [0.717, 1.165) is 16.8 Å². The lowest BCUT2D eigenvalue weighted by molar-refractivity contribution is 0.415. The van der Waals surface area contributed by atoms with Crippen molar-refractivity contribution in [2.75, 3.05) is 7.11 Å². The average Bonchev–Trinajstić information content (AvgIpc) is 2.55. The highest BCUT2D eigenvalue weighted by molar-refractivity contribution is 5.85. The van der Waals surface area contributed by atoms with Crippen molar-refractivity contribution in [3.63, 3.8) is 0 Å². The molecule has 0 aliphatic rings. The lowest BCUT2D eigenvalue weighted by Crippen LogP contribution is -2.07. The molecule has 112 valence electrons. The fourth-order valence-corrected chi connectivity index (χ4v) is 2.59. The van der Waals surface area contributed by atoms with Crippen LogP contribution in [0.15, 0.2) is 53.5 Å². The molecule has 0 bridgehead atoms. The van der Waals surface area contributed by atoms with Gasteiger partial charge in [0.25, 0.3) is 0 Å². The molecule has 1 aromatic heterocycles. The number of benzene rings is 2. The topological polar surface area (TPSA) is 31.2 Å². The molecule has 4 heteroatoms. The standard InChI is InChI=1S/C18H16FNO2/c1-3-20-9-8-18(21)15-10-16(19)14(11-17(15)20)12-4-6-13(22-2)7-5-12/h4-11H,3H2,1-2H3. The summed E-state index contributed by atoms with van der Waals surface area (Å²) in [5.74, 6) is 0.319. The van der Waals surface area contributed by atoms with Crippen LogP contribution in [0.4, 0.5) is 4.39 Å². The van der Waals surface area contributed by atoms with Gasteiger partial charge in [-0.15, -0.1) is 0 Å². The van der Waals surface area contributed by atoms with Gasteiger partial charge >= 0.3 is 0 Å². The van der Waals surface area contributed by atoms with Gasteiger partial charge in [0, 0.05) is 29.8 Å². The molecule has 0 aliphatic carbocycles. The molecule has 2 aromatic carbocycles. The van der Waals surface area contributed by atoms with Gasteiger partial charge in [-0.2, -0.15) is 0 Å². The van der Waals surface area contributed by atoms with Crippen molar-refractivity contribution in [3.8, 4) is 16.9 Å². The number of aromatic nitrogens is 1. The van der Waals surface area contributed by atoms with Gasteiger partial charge in [0.15, 0.2) is 5.43 Å². The van der Waals surface area contributed by atoms with Crippen LogP contribution in [0.5, 0.6) is 5.75 Å². The van der Waals surface area contributed by atoms with E-state index in [-0.39, 0.29) is 5.43 Å². The molecule has 3 nitrogen and oxygen atoms in total. The molecule has 0 N–H and O–H groups in total. The normalized spacial score (nSPS) is 10.9. The summed E-state index contributed by atoms with van der Waals surface area (Å²) >= 11 is 0. The molecule has 0 atom stereocenters. The van der Waals surface area contributed by atoms with E-state index in [0.29, 0.717) is 17.5 Å². The molecule has 0 unspecified atom stereocenters. The molecule has 1 heterocycles. The monoisotopic (exact) mass is 297 g/mol. The van der Waals surface area contributed by atoms with E-state index in [9.17, 15) is 9.18 Å². The molecule has 22 heavy (non-hydrogen) atoms. The minimum Gasteiger partial charge on any atom is -0.497 e. The van der Waals surface area contributed by atoms with Gasteiger partial charge in [-0.1, -0.05) is 12.1 Å². The van der Waals surface area contributed by atoms with E-state index in [1.165, 1.54) is 12.1 Å². The Bertz CT molecular complexity index is 882. The van der Waals surface area contributed by atoms with Crippen LogP contribution in [0.3, 0.4) is 0 Å². The van der Waals surface area contributed by atoms with Crippen molar-refractivity contribution in [1.29, 1.82) is 0 Å². The van der Waals surface area contributed by atoms with Crippen LogP contribution >= 0.6 is 0 Å². The first kappa shape index (κ1) is 14.3. The van der Waals surface area contributed by atoms with E-state index in [2.05, 4.69) is 0 Å². The zero-order valence-electron chi connectivity index (χ0n) is 12.5. The van der Waals surface area contributed by atoms with Crippen molar-refractivity contribution in [2.45, 2.75) is 13.5 Å². The Kier molecular flexibility index (Phi) is 3.67. The summed E-state index contributed by atoms with van der Waals surface area (Å²) in [6, 6.07) is 11.7. The predicted molar refractivity (Wildman–Crippen MR) is 85.8 cm³/mol. The molecule has 0 amide bonds. The molecular weight excluding hydrogens is 281 g/mol. The van der Waals surface area contributed by atoms with Gasteiger partial charge in [-0.3, -0.25) is 4.79 Å². The number of halogens is 1. The van der Waals surface area contributed by atoms with Gasteiger partial charge in [-0.05, 0) is 36.8 Å². The second kappa shape index (κ2) is 5.64. The summed E-state index contributed by atoms with van der Waals surface area (Å²) in [5, 5.41) is 0.402. The van der Waals surface area contributed by atoms with Crippen LogP contribution in [0.2, 0.25) is 0 Å². The molecule has 3 rings (SSSR count). The Hall–Kier alpha value is -2.62. The third-order valence-electron chi connectivity index (χ3n) is 3.81. The van der Waals surface area contributed by atoms with Crippen LogP contribution in [0.1, 0.15) is 6.92 Å². The minimum absolute atomic E-state index is 0.167. The number of fused-ring (bicyclic) bond motifs is 1. The maximum atomic E-state index is 14.4. The number of pyridine rings is 1. The molecule has 0 aliphatic heterocycles. The van der Waals surface area contributed by atoms with Gasteiger partial charge in [0.2, 0.25) is 0 Å². The van der Waals surface area contributed by atoms with Crippen LogP contribution in [-0.2, 0) is 6.54 Å². The van der Waals surface area contributed by atoms with Gasteiger partial charge in [-0.25, -0.2) is 4.39 Å². The third-order valence-corrected chi connectivity index (χ3v) is 3.81. The maximum Gasteiger partial charge on any atom is 0.189 e. The highest BCUT2D eigenvalue weighted by atomic mass is 19.1. The Balaban J connectivity index is 2.25. The largest absolute Gasteiger partial charge is 0.497 e. The number of rotatable bonds is 3. The van der Waals surface area contributed by atoms with Crippen molar-refractivity contribution >= 4 is 10.9 Å². The molecule has 0 fully saturated rings. The highest BCUT2D eigenvalue weighted by Gasteiger charge is 2.11. The average molecular weight is 297 g/mol. The molecule has 0 radical (unpaired) electrons. The SMILES string of the molecule is CCn1ccc(=O)c2cc(F)c(-c3ccc(OC)cc3)cc21. The molecule has 0 saturated carbocycles. The number of ether oxygens (including phenoxy) is 1. The Morgan fingerprint density at radius 3 is 2.50 bits per heavy atom. The summed E-state index contributed by atoms with van der Waals surface area (Å²) in [6.45, 7) is 2.70. The molecule has 0 spiro atoms. The summed E-state index contributed by atoms with van der Waals surface area (Å²) < 4.78 is 21.5. The van der Waals surface area contributed by atoms with Crippen LogP contribution in [-0.4, -0.2) is 11.7 Å². The van der Waals surface area contributed by atoms with Crippen molar-refractivity contribution in [1.82, 2.24) is 4.57 Å². The van der Waals surface area contributed by atoms with E-state index >= 15 is 0 Å². The lowest BCUT2D eigenvalue weighted by atomic mass is 10.0. The minimum atomic E-state index is -0.399. The number of nitrogens with zero attached hydrogens (tertiary/aromatic N) is 1. The van der Waals surface area contributed by atoms with Crippen LogP contribution < -0.4 is 10.2 Å². The van der Waals surface area contributed by atoms with Crippen molar-refractivity contribution < 1.29 is 9.13 Å². The third kappa shape index (κ3) is 2.37. The quantitative estimate of drug-likeness (QED) is 0.735. The Morgan fingerprint density at radius 1 is 1.14 bits per heavy atom. The predicted octanol–water partition coefficient (Wildman–Crippen LogP) is 3.84. The molecular formula is C18H16FNO2. The second-order valence-corrected chi connectivity index (χ2v) is 5.04. The van der Waals surface area contributed by atoms with Crippen LogP contribution in [0, 0.1) is 5.82 Å². The fourth-order valence-electron chi connectivity index (χ4n) is 2.59. The smallest absolute Gasteiger partial charge is 0.189 e. The van der Waals surface area contributed by atoms with E-state index in [1.807, 2.05) is 11.5 Å². The van der Waals surface area contributed by atoms with Gasteiger partial charge < -0.3 is 9.30 Å². The van der Waals surface area contributed by atoms with Gasteiger partial charge in [0.05, 0.1) is 12.6 Å². The number of hydrogen-bond acceptors (Lipinski definition) is 2. The van der Waals surface area contributed by atoms with E-state index in [4.69, 9.17) is 4.74 Å². The molecule has 3 aromatic rings. The molecule has 0 saturated heterocycles. The van der Waals surface area contributed by atoms with Crippen molar-refractivity contribution in [3.05, 3.63) is 64.7 Å². The highest BCUT2D eigenvalue weighted by Crippen LogP contribution is 2.28. The maximum absolute atomic E-state index is 14.4. The first-order valence-corrected chi connectivity index (χ1v) is 7.11. The van der Waals surface area contributed by atoms with Gasteiger partial charge in [0.1, 0.15) is 11.6 Å². The number of hydrogen-bond donors (Lipinski definition) is 0. The van der Waals surface area contributed by atoms with Crippen LogP contribution in [0.25, 0.3) is 22.0 Å². The fraction of sp³-hybridized carbons (Fsp3) is 0.167. The second-order valence-electron chi connectivity index (χ2n) is 5.04. The van der Waals surface area contributed by atoms with E-state index in [1.54, 1.807) is 43.6 Å². The first-order chi connectivity index (χ1) is 10.6. The van der Waals surface area contributed by atoms with Crippen molar-refractivity contribution in [2.24, 2.45) is 0 Å². The lowest BCUT2D eigenvalue weighted by Gasteiger charge is -2.11. The zero-order valence-corrected chi connectivity index (χ0v) is 12.5. The summed E-state index contributed by atoms with van der Waals surface area (Å²) in [5.41, 5.74) is 1.80. The number of aryl methyl sites for hydroxylation is 1. The zero-order chi connectivity index (χ0) is 15.7.